The molecule has 0 aliphatic rings. The molecule has 1 rings (SSSR count). The number of nitrogens with zero attached hydrogens (tertiary/aromatic N) is 1. The molecule has 8 heteroatoms. The van der Waals surface area contributed by atoms with Crippen molar-refractivity contribution < 1.29 is 9.59 Å². The smallest absolute Gasteiger partial charge is 0.253 e. The van der Waals surface area contributed by atoms with Crippen molar-refractivity contribution in [1.29, 1.82) is 0 Å². The largest absolute Gasteiger partial charge is 0.352 e. The van der Waals surface area contributed by atoms with Gasteiger partial charge < -0.3 is 20.5 Å². The molecule has 0 saturated carbocycles. The SMILES string of the molecule is CCNCCNC(=O)c1c(C)cc(=O)n(CC(=O)NC(C)C)c1C.Cl. The van der Waals surface area contributed by atoms with Gasteiger partial charge in [-0.05, 0) is 39.8 Å². The Morgan fingerprint density at radius 2 is 1.84 bits per heavy atom. The maximum Gasteiger partial charge on any atom is 0.253 e. The summed E-state index contributed by atoms with van der Waals surface area (Å²) >= 11 is 0. The van der Waals surface area contributed by atoms with Crippen LogP contribution in [0.3, 0.4) is 0 Å². The van der Waals surface area contributed by atoms with E-state index in [0.717, 1.165) is 6.54 Å². The van der Waals surface area contributed by atoms with Crippen molar-refractivity contribution in [2.75, 3.05) is 19.6 Å². The van der Waals surface area contributed by atoms with Gasteiger partial charge in [0.15, 0.2) is 0 Å². The van der Waals surface area contributed by atoms with Crippen molar-refractivity contribution in [2.24, 2.45) is 0 Å². The van der Waals surface area contributed by atoms with Crippen LogP contribution in [0.15, 0.2) is 10.9 Å². The molecule has 3 N–H and O–H groups in total. The number of halogens is 1. The van der Waals surface area contributed by atoms with E-state index in [1.807, 2.05) is 20.8 Å². The highest BCUT2D eigenvalue weighted by atomic mass is 35.5. The van der Waals surface area contributed by atoms with Crippen LogP contribution in [0.1, 0.15) is 42.4 Å². The van der Waals surface area contributed by atoms with Crippen molar-refractivity contribution in [3.05, 3.63) is 33.2 Å². The number of hydrogen-bond donors (Lipinski definition) is 3. The average Bonchev–Trinajstić information content (AvgIpc) is 2.47. The van der Waals surface area contributed by atoms with E-state index < -0.39 is 0 Å². The fourth-order valence-corrected chi connectivity index (χ4v) is 2.50. The van der Waals surface area contributed by atoms with Crippen LogP contribution in [0, 0.1) is 13.8 Å². The summed E-state index contributed by atoms with van der Waals surface area (Å²) in [5, 5.41) is 8.71. The molecule has 25 heavy (non-hydrogen) atoms. The standard InChI is InChI=1S/C17H28N4O3.ClH/c1-6-18-7-8-19-17(24)16-12(4)9-15(23)21(13(16)5)10-14(22)20-11(2)3;/h9,11,18H,6-8,10H2,1-5H3,(H,19,24)(H,20,22);1H. The van der Waals surface area contributed by atoms with Crippen molar-refractivity contribution in [1.82, 2.24) is 20.5 Å². The lowest BCUT2D eigenvalue weighted by Crippen LogP contribution is -2.38. The van der Waals surface area contributed by atoms with E-state index in [0.29, 0.717) is 29.9 Å². The van der Waals surface area contributed by atoms with E-state index in [1.165, 1.54) is 10.6 Å². The minimum atomic E-state index is -0.284. The Hall–Kier alpha value is -1.86. The van der Waals surface area contributed by atoms with Gasteiger partial charge in [0, 0.05) is 30.9 Å². The van der Waals surface area contributed by atoms with Crippen LogP contribution in [0.5, 0.6) is 0 Å². The van der Waals surface area contributed by atoms with Gasteiger partial charge >= 0.3 is 0 Å². The molecule has 0 spiro atoms. The van der Waals surface area contributed by atoms with Gasteiger partial charge in [-0.2, -0.15) is 0 Å². The Morgan fingerprint density at radius 3 is 2.40 bits per heavy atom. The van der Waals surface area contributed by atoms with E-state index in [2.05, 4.69) is 16.0 Å². The van der Waals surface area contributed by atoms with Crippen LogP contribution in [0.4, 0.5) is 0 Å². The summed E-state index contributed by atoms with van der Waals surface area (Å²) in [6, 6.07) is 1.39. The summed E-state index contributed by atoms with van der Waals surface area (Å²) in [4.78, 5) is 36.6. The molecule has 1 aromatic rings. The molecule has 0 bridgehead atoms. The molecule has 0 aliphatic heterocycles. The predicted molar refractivity (Wildman–Crippen MR) is 102 cm³/mol. The van der Waals surface area contributed by atoms with Gasteiger partial charge in [0.1, 0.15) is 6.54 Å². The number of carbonyl (C=O) groups is 2. The predicted octanol–water partition coefficient (Wildman–Crippen LogP) is 0.751. The van der Waals surface area contributed by atoms with E-state index in [4.69, 9.17) is 0 Å². The van der Waals surface area contributed by atoms with Gasteiger partial charge in [0.05, 0.1) is 5.56 Å². The first-order chi connectivity index (χ1) is 11.3. The van der Waals surface area contributed by atoms with Gasteiger partial charge in [0.2, 0.25) is 5.91 Å². The highest BCUT2D eigenvalue weighted by Crippen LogP contribution is 2.11. The number of aromatic nitrogens is 1. The summed E-state index contributed by atoms with van der Waals surface area (Å²) in [6.07, 6.45) is 0. The number of pyridine rings is 1. The molecule has 0 aliphatic carbocycles. The van der Waals surface area contributed by atoms with Crippen molar-refractivity contribution in [3.8, 4) is 0 Å². The molecule has 0 fully saturated rings. The molecule has 2 amide bonds. The maximum absolute atomic E-state index is 12.4. The highest BCUT2D eigenvalue weighted by Gasteiger charge is 2.18. The molecule has 0 aromatic carbocycles. The van der Waals surface area contributed by atoms with Crippen LogP contribution in [-0.4, -0.2) is 42.1 Å². The van der Waals surface area contributed by atoms with Gasteiger partial charge in [0.25, 0.3) is 11.5 Å². The van der Waals surface area contributed by atoms with Crippen molar-refractivity contribution in [2.45, 2.75) is 47.2 Å². The lowest BCUT2D eigenvalue weighted by atomic mass is 10.1. The molecular formula is C17H29ClN4O3. The molecule has 0 unspecified atom stereocenters. The van der Waals surface area contributed by atoms with E-state index >= 15 is 0 Å². The Kier molecular flexibility index (Phi) is 10.1. The summed E-state index contributed by atoms with van der Waals surface area (Å²) in [7, 11) is 0. The third kappa shape index (κ3) is 6.88. The normalized spacial score (nSPS) is 10.3. The third-order valence-electron chi connectivity index (χ3n) is 3.58. The zero-order valence-electron chi connectivity index (χ0n) is 15.6. The Labute approximate surface area is 155 Å². The fourth-order valence-electron chi connectivity index (χ4n) is 2.50. The molecule has 0 radical (unpaired) electrons. The lowest BCUT2D eigenvalue weighted by Gasteiger charge is -2.17. The minimum absolute atomic E-state index is 0. The Balaban J connectivity index is 0.00000576. The molecule has 7 nitrogen and oxygen atoms in total. The van der Waals surface area contributed by atoms with Crippen molar-refractivity contribution >= 4 is 24.2 Å². The van der Waals surface area contributed by atoms with Gasteiger partial charge in [-0.1, -0.05) is 6.92 Å². The van der Waals surface area contributed by atoms with Gasteiger partial charge in [-0.15, -0.1) is 12.4 Å². The minimum Gasteiger partial charge on any atom is -0.352 e. The van der Waals surface area contributed by atoms with Crippen LogP contribution < -0.4 is 21.5 Å². The average molecular weight is 373 g/mol. The molecular weight excluding hydrogens is 344 g/mol. The lowest BCUT2D eigenvalue weighted by molar-refractivity contribution is -0.122. The summed E-state index contributed by atoms with van der Waals surface area (Å²) in [5.74, 6) is -0.488. The monoisotopic (exact) mass is 372 g/mol. The quantitative estimate of drug-likeness (QED) is 0.587. The summed E-state index contributed by atoms with van der Waals surface area (Å²) in [5.41, 5.74) is 1.27. The molecule has 0 atom stereocenters. The van der Waals surface area contributed by atoms with Crippen LogP contribution in [-0.2, 0) is 11.3 Å². The van der Waals surface area contributed by atoms with Gasteiger partial charge in [-0.3, -0.25) is 14.4 Å². The van der Waals surface area contributed by atoms with Crippen LogP contribution >= 0.6 is 12.4 Å². The van der Waals surface area contributed by atoms with Gasteiger partial charge in [-0.25, -0.2) is 0 Å². The molecule has 1 aromatic heterocycles. The van der Waals surface area contributed by atoms with Crippen LogP contribution in [0.25, 0.3) is 0 Å². The van der Waals surface area contributed by atoms with E-state index in [-0.39, 0.29) is 42.4 Å². The van der Waals surface area contributed by atoms with Crippen molar-refractivity contribution in [3.63, 3.8) is 0 Å². The second kappa shape index (κ2) is 10.9. The van der Waals surface area contributed by atoms with E-state index in [1.54, 1.807) is 13.8 Å². The summed E-state index contributed by atoms with van der Waals surface area (Å²) in [6.45, 7) is 11.0. The Bertz CT molecular complexity index is 656. The number of rotatable bonds is 8. The summed E-state index contributed by atoms with van der Waals surface area (Å²) < 4.78 is 1.34. The number of likely N-dealkylation sites (N-methyl/N-ethyl adjacent to an activating group) is 1. The zero-order chi connectivity index (χ0) is 18.3. The molecule has 1 heterocycles. The zero-order valence-corrected chi connectivity index (χ0v) is 16.4. The molecule has 142 valence electrons. The second-order valence-corrected chi connectivity index (χ2v) is 6.04. The highest BCUT2D eigenvalue weighted by molar-refractivity contribution is 5.96. The topological polar surface area (TPSA) is 92.2 Å². The third-order valence-corrected chi connectivity index (χ3v) is 3.58. The first-order valence-electron chi connectivity index (χ1n) is 8.27. The number of amides is 2. The van der Waals surface area contributed by atoms with Crippen LogP contribution in [0.2, 0.25) is 0 Å². The first kappa shape index (κ1) is 23.1. The number of hydrogen-bond acceptors (Lipinski definition) is 4. The Morgan fingerprint density at radius 1 is 1.20 bits per heavy atom. The maximum atomic E-state index is 12.4. The fraction of sp³-hybridized carbons (Fsp3) is 0.588. The number of aryl methyl sites for hydroxylation is 1. The second-order valence-electron chi connectivity index (χ2n) is 6.04. The number of nitrogens with one attached hydrogen (secondary N) is 3. The van der Waals surface area contributed by atoms with E-state index in [9.17, 15) is 14.4 Å². The number of carbonyl (C=O) groups excluding carboxylic acids is 2. The first-order valence-corrected chi connectivity index (χ1v) is 8.27. The molecule has 0 saturated heterocycles.